The highest BCUT2D eigenvalue weighted by Crippen LogP contribution is 2.19. The van der Waals surface area contributed by atoms with Crippen LogP contribution in [0.4, 0.5) is 5.82 Å². The van der Waals surface area contributed by atoms with Crippen molar-refractivity contribution in [3.63, 3.8) is 0 Å². The van der Waals surface area contributed by atoms with Crippen molar-refractivity contribution < 1.29 is 0 Å². The first-order chi connectivity index (χ1) is 9.54. The number of rotatable bonds is 5. The van der Waals surface area contributed by atoms with Gasteiger partial charge in [-0.25, -0.2) is 4.98 Å². The molecule has 0 bridgehead atoms. The molecule has 1 saturated heterocycles. The monoisotopic (exact) mass is 276 g/mol. The average molecular weight is 276 g/mol. The summed E-state index contributed by atoms with van der Waals surface area (Å²) in [5.41, 5.74) is 7.03. The molecule has 1 aromatic heterocycles. The van der Waals surface area contributed by atoms with Gasteiger partial charge in [0.1, 0.15) is 5.82 Å². The van der Waals surface area contributed by atoms with Crippen LogP contribution in [0, 0.1) is 5.92 Å². The van der Waals surface area contributed by atoms with Crippen LogP contribution >= 0.6 is 0 Å². The van der Waals surface area contributed by atoms with Gasteiger partial charge in [0, 0.05) is 25.8 Å². The van der Waals surface area contributed by atoms with Gasteiger partial charge in [-0.2, -0.15) is 0 Å². The molecule has 4 heteroatoms. The fraction of sp³-hybridized carbons (Fsp3) is 0.688. The first kappa shape index (κ1) is 15.3. The molecule has 2 rings (SSSR count). The molecule has 20 heavy (non-hydrogen) atoms. The van der Waals surface area contributed by atoms with E-state index in [4.69, 9.17) is 5.73 Å². The zero-order valence-corrected chi connectivity index (χ0v) is 13.0. The highest BCUT2D eigenvalue weighted by molar-refractivity contribution is 5.38. The number of aromatic nitrogens is 1. The highest BCUT2D eigenvalue weighted by Gasteiger charge is 2.18. The van der Waals surface area contributed by atoms with Gasteiger partial charge in [-0.15, -0.1) is 0 Å². The van der Waals surface area contributed by atoms with Crippen molar-refractivity contribution in [2.75, 3.05) is 38.6 Å². The van der Waals surface area contributed by atoms with Gasteiger partial charge in [0.15, 0.2) is 0 Å². The predicted octanol–water partition coefficient (Wildman–Crippen LogP) is 1.75. The van der Waals surface area contributed by atoms with Crippen LogP contribution in [0.1, 0.15) is 25.3 Å². The lowest BCUT2D eigenvalue weighted by molar-refractivity contribution is 0.222. The summed E-state index contributed by atoms with van der Waals surface area (Å²) >= 11 is 0. The Morgan fingerprint density at radius 3 is 2.65 bits per heavy atom. The molecule has 4 nitrogen and oxygen atoms in total. The molecule has 1 aliphatic heterocycles. The molecule has 0 saturated carbocycles. The molecule has 0 aliphatic carbocycles. The number of likely N-dealkylation sites (tertiary alicyclic amines) is 1. The Bertz CT molecular complexity index is 393. The zero-order valence-electron chi connectivity index (χ0n) is 13.0. The number of nitrogens with two attached hydrogens (primary N) is 1. The Kier molecular flexibility index (Phi) is 5.38. The van der Waals surface area contributed by atoms with E-state index in [2.05, 4.69) is 41.0 Å². The van der Waals surface area contributed by atoms with Crippen LogP contribution in [0.5, 0.6) is 0 Å². The molecule has 1 atom stereocenters. The average Bonchev–Trinajstić information content (AvgIpc) is 2.41. The van der Waals surface area contributed by atoms with Crippen LogP contribution < -0.4 is 10.6 Å². The minimum Gasteiger partial charge on any atom is -0.359 e. The van der Waals surface area contributed by atoms with Crippen LogP contribution in [0.15, 0.2) is 18.3 Å². The number of pyridine rings is 1. The Morgan fingerprint density at radius 1 is 1.40 bits per heavy atom. The normalized spacial score (nSPS) is 19.0. The minimum absolute atomic E-state index is 0.194. The van der Waals surface area contributed by atoms with E-state index in [1.165, 1.54) is 31.5 Å². The van der Waals surface area contributed by atoms with Crippen LogP contribution in [0.25, 0.3) is 0 Å². The van der Waals surface area contributed by atoms with E-state index in [0.29, 0.717) is 0 Å². The van der Waals surface area contributed by atoms with Crippen molar-refractivity contribution in [3.8, 4) is 0 Å². The lowest BCUT2D eigenvalue weighted by Gasteiger charge is -2.32. The summed E-state index contributed by atoms with van der Waals surface area (Å²) in [6.07, 6.45) is 5.45. The summed E-state index contributed by atoms with van der Waals surface area (Å²) in [7, 11) is 4.35. The lowest BCUT2D eigenvalue weighted by atomic mass is 9.97. The fourth-order valence-corrected chi connectivity index (χ4v) is 2.86. The maximum Gasteiger partial charge on any atom is 0.128 e. The van der Waals surface area contributed by atoms with E-state index in [-0.39, 0.29) is 6.04 Å². The standard InChI is InChI=1S/C16H28N4/c1-13(17)10-15-4-5-16(18-11-15)20(3)12-14-6-8-19(2)9-7-14/h4-5,11,13-14H,6-10,12,17H2,1-3H3. The first-order valence-electron chi connectivity index (χ1n) is 7.65. The third-order valence-corrected chi connectivity index (χ3v) is 4.13. The second kappa shape index (κ2) is 7.04. The second-order valence-electron chi connectivity index (χ2n) is 6.33. The van der Waals surface area contributed by atoms with Gasteiger partial charge in [-0.3, -0.25) is 0 Å². The number of piperidine rings is 1. The smallest absolute Gasteiger partial charge is 0.128 e. The first-order valence-corrected chi connectivity index (χ1v) is 7.65. The minimum atomic E-state index is 0.194. The van der Waals surface area contributed by atoms with Gasteiger partial charge in [0.05, 0.1) is 0 Å². The van der Waals surface area contributed by atoms with Crippen LogP contribution in [-0.4, -0.2) is 49.7 Å². The Morgan fingerprint density at radius 2 is 2.10 bits per heavy atom. The molecule has 1 fully saturated rings. The molecule has 1 unspecified atom stereocenters. The third kappa shape index (κ3) is 4.46. The van der Waals surface area contributed by atoms with Crippen molar-refractivity contribution in [1.82, 2.24) is 9.88 Å². The van der Waals surface area contributed by atoms with Crippen molar-refractivity contribution in [2.45, 2.75) is 32.2 Å². The quantitative estimate of drug-likeness (QED) is 0.890. The highest BCUT2D eigenvalue weighted by atomic mass is 15.2. The van der Waals surface area contributed by atoms with Crippen molar-refractivity contribution >= 4 is 5.82 Å². The Hall–Kier alpha value is -1.13. The number of hydrogen-bond donors (Lipinski definition) is 1. The van der Waals surface area contributed by atoms with Gasteiger partial charge in [0.2, 0.25) is 0 Å². The third-order valence-electron chi connectivity index (χ3n) is 4.13. The summed E-state index contributed by atoms with van der Waals surface area (Å²) in [6, 6.07) is 4.46. The predicted molar refractivity (Wildman–Crippen MR) is 85.1 cm³/mol. The van der Waals surface area contributed by atoms with E-state index in [0.717, 1.165) is 24.7 Å². The summed E-state index contributed by atoms with van der Waals surface area (Å²) < 4.78 is 0. The number of anilines is 1. The molecule has 1 aromatic rings. The van der Waals surface area contributed by atoms with E-state index in [9.17, 15) is 0 Å². The summed E-state index contributed by atoms with van der Waals surface area (Å²) in [5.74, 6) is 1.86. The largest absolute Gasteiger partial charge is 0.359 e. The fourth-order valence-electron chi connectivity index (χ4n) is 2.86. The zero-order chi connectivity index (χ0) is 14.5. The molecule has 1 aliphatic rings. The SMILES string of the molecule is CC(N)Cc1ccc(N(C)CC2CCN(C)CC2)nc1. The lowest BCUT2D eigenvalue weighted by Crippen LogP contribution is -2.35. The molecule has 0 amide bonds. The molecular formula is C16H28N4. The topological polar surface area (TPSA) is 45.4 Å². The second-order valence-corrected chi connectivity index (χ2v) is 6.33. The number of hydrogen-bond acceptors (Lipinski definition) is 4. The van der Waals surface area contributed by atoms with Crippen LogP contribution in [-0.2, 0) is 6.42 Å². The Labute approximate surface area is 123 Å². The molecule has 0 aromatic carbocycles. The maximum absolute atomic E-state index is 5.82. The van der Waals surface area contributed by atoms with Gasteiger partial charge >= 0.3 is 0 Å². The Balaban J connectivity index is 1.87. The van der Waals surface area contributed by atoms with Gasteiger partial charge in [-0.1, -0.05) is 6.07 Å². The van der Waals surface area contributed by atoms with E-state index in [1.807, 2.05) is 13.1 Å². The summed E-state index contributed by atoms with van der Waals surface area (Å²) in [4.78, 5) is 9.27. The van der Waals surface area contributed by atoms with Crippen molar-refractivity contribution in [1.29, 1.82) is 0 Å². The molecule has 2 N–H and O–H groups in total. The van der Waals surface area contributed by atoms with Gasteiger partial charge < -0.3 is 15.5 Å². The van der Waals surface area contributed by atoms with Gasteiger partial charge in [0.25, 0.3) is 0 Å². The van der Waals surface area contributed by atoms with Crippen LogP contribution in [0.2, 0.25) is 0 Å². The summed E-state index contributed by atoms with van der Waals surface area (Å²) in [5, 5.41) is 0. The van der Waals surface area contributed by atoms with Gasteiger partial charge in [-0.05, 0) is 63.9 Å². The van der Waals surface area contributed by atoms with Crippen LogP contribution in [0.3, 0.4) is 0 Å². The van der Waals surface area contributed by atoms with Crippen molar-refractivity contribution in [3.05, 3.63) is 23.9 Å². The molecule has 112 valence electrons. The molecule has 0 spiro atoms. The molecule has 2 heterocycles. The summed E-state index contributed by atoms with van der Waals surface area (Å²) in [6.45, 7) is 5.58. The number of nitrogens with zero attached hydrogens (tertiary/aromatic N) is 3. The van der Waals surface area contributed by atoms with E-state index in [1.54, 1.807) is 0 Å². The van der Waals surface area contributed by atoms with E-state index < -0.39 is 0 Å². The molecular weight excluding hydrogens is 248 g/mol. The maximum atomic E-state index is 5.82. The van der Waals surface area contributed by atoms with E-state index >= 15 is 0 Å². The van der Waals surface area contributed by atoms with Crippen molar-refractivity contribution in [2.24, 2.45) is 11.7 Å². The molecule has 0 radical (unpaired) electrons.